The second-order valence-corrected chi connectivity index (χ2v) is 19.2. The highest BCUT2D eigenvalue weighted by Gasteiger charge is 2.21. The average molecular weight is 892 g/mol. The van der Waals surface area contributed by atoms with Crippen LogP contribution in [0.1, 0.15) is 206 Å². The molecule has 9 nitrogen and oxygen atoms in total. The van der Waals surface area contributed by atoms with Crippen LogP contribution in [0.2, 0.25) is 0 Å². The van der Waals surface area contributed by atoms with Crippen molar-refractivity contribution in [1.82, 2.24) is 0 Å². The molecule has 0 aromatic heterocycles. The van der Waals surface area contributed by atoms with Crippen LogP contribution >= 0.6 is 7.82 Å². The number of allylic oxidation sites excluding steroid dienone is 10. The Balaban J connectivity index is 4.39. The average Bonchev–Trinajstić information content (AvgIpc) is 3.23. The quantitative estimate of drug-likeness (QED) is 0.0195. The number of rotatable bonds is 45. The zero-order chi connectivity index (χ0) is 45.7. The Kier molecular flexibility index (Phi) is 42.3. The van der Waals surface area contributed by atoms with Gasteiger partial charge in [0, 0.05) is 12.8 Å². The fourth-order valence-electron chi connectivity index (χ4n) is 6.58. The number of phosphoric ester groups is 1. The SMILES string of the molecule is CCCCCCCC/C=C/CCCCCCCCCC(=O)OC[C@H](COP(=O)([O-])OCC[N+](C)(C)C)OC(=O)CCC/C=C/C/C=C/C/C=C/C/C=C/CCCCCCCCC. The number of quaternary nitrogens is 1. The van der Waals surface area contributed by atoms with Gasteiger partial charge in [0.25, 0.3) is 7.82 Å². The van der Waals surface area contributed by atoms with E-state index in [0.717, 1.165) is 44.9 Å². The predicted molar refractivity (Wildman–Crippen MR) is 259 cm³/mol. The van der Waals surface area contributed by atoms with E-state index in [2.05, 4.69) is 68.5 Å². The lowest BCUT2D eigenvalue weighted by Crippen LogP contribution is -2.37. The lowest BCUT2D eigenvalue weighted by Gasteiger charge is -2.28. The van der Waals surface area contributed by atoms with Crippen molar-refractivity contribution >= 4 is 19.8 Å². The number of unbranched alkanes of at least 4 members (excludes halogenated alkanes) is 21. The number of hydrogen-bond acceptors (Lipinski definition) is 8. The Morgan fingerprint density at radius 1 is 0.500 bits per heavy atom. The van der Waals surface area contributed by atoms with Gasteiger partial charge < -0.3 is 27.9 Å². The van der Waals surface area contributed by atoms with Crippen LogP contribution in [0.4, 0.5) is 0 Å². The summed E-state index contributed by atoms with van der Waals surface area (Å²) in [6.45, 7) is 4.16. The molecule has 0 rings (SSSR count). The fraction of sp³-hybridized carbons (Fsp3) is 0.769. The fourth-order valence-corrected chi connectivity index (χ4v) is 7.31. The van der Waals surface area contributed by atoms with Gasteiger partial charge in [-0.2, -0.15) is 0 Å². The van der Waals surface area contributed by atoms with Crippen LogP contribution in [0.5, 0.6) is 0 Å². The molecular weight excluding hydrogens is 798 g/mol. The number of esters is 2. The van der Waals surface area contributed by atoms with Gasteiger partial charge in [-0.15, -0.1) is 0 Å². The van der Waals surface area contributed by atoms with Gasteiger partial charge in [-0.1, -0.05) is 177 Å². The summed E-state index contributed by atoms with van der Waals surface area (Å²) in [5, 5.41) is 0. The van der Waals surface area contributed by atoms with Crippen LogP contribution in [0.3, 0.4) is 0 Å². The van der Waals surface area contributed by atoms with Gasteiger partial charge in [0.1, 0.15) is 19.8 Å². The molecule has 0 aliphatic rings. The Labute approximate surface area is 381 Å². The molecule has 0 saturated carbocycles. The Hall–Kier alpha value is -2.29. The first-order chi connectivity index (χ1) is 30.0. The molecule has 360 valence electrons. The number of carbonyl (C=O) groups excluding carboxylic acids is 2. The molecule has 0 radical (unpaired) electrons. The normalized spacial score (nSPS) is 14.0. The smallest absolute Gasteiger partial charge is 0.306 e. The van der Waals surface area contributed by atoms with E-state index in [9.17, 15) is 19.0 Å². The topological polar surface area (TPSA) is 111 Å². The van der Waals surface area contributed by atoms with Crippen LogP contribution in [0.15, 0.2) is 60.8 Å². The molecule has 1 unspecified atom stereocenters. The molecule has 0 aliphatic carbocycles. The minimum atomic E-state index is -4.65. The van der Waals surface area contributed by atoms with Crippen molar-refractivity contribution in [2.75, 3.05) is 47.5 Å². The minimum absolute atomic E-state index is 0.0436. The van der Waals surface area contributed by atoms with Crippen molar-refractivity contribution in [1.29, 1.82) is 0 Å². The summed E-state index contributed by atoms with van der Waals surface area (Å²) in [7, 11) is 1.12. The van der Waals surface area contributed by atoms with Crippen LogP contribution in [0, 0.1) is 0 Å². The number of ether oxygens (including phenoxy) is 2. The van der Waals surface area contributed by atoms with E-state index in [4.69, 9.17) is 18.5 Å². The van der Waals surface area contributed by atoms with Crippen LogP contribution in [-0.4, -0.2) is 70.0 Å². The second kappa shape index (κ2) is 43.9. The highest BCUT2D eigenvalue weighted by Crippen LogP contribution is 2.38. The summed E-state index contributed by atoms with van der Waals surface area (Å²) >= 11 is 0. The second-order valence-electron chi connectivity index (χ2n) is 17.8. The van der Waals surface area contributed by atoms with E-state index in [1.807, 2.05) is 27.2 Å². The maximum absolute atomic E-state index is 12.7. The van der Waals surface area contributed by atoms with Gasteiger partial charge in [0.15, 0.2) is 6.10 Å². The third-order valence-corrected chi connectivity index (χ3v) is 11.5. The predicted octanol–water partition coefficient (Wildman–Crippen LogP) is 14.2. The van der Waals surface area contributed by atoms with Crippen molar-refractivity contribution in [3.05, 3.63) is 60.8 Å². The van der Waals surface area contributed by atoms with Crippen molar-refractivity contribution in [2.24, 2.45) is 0 Å². The van der Waals surface area contributed by atoms with Gasteiger partial charge in [0.2, 0.25) is 0 Å². The Morgan fingerprint density at radius 2 is 0.887 bits per heavy atom. The molecule has 0 spiro atoms. The maximum atomic E-state index is 12.7. The van der Waals surface area contributed by atoms with Gasteiger partial charge in [-0.05, 0) is 77.0 Å². The first-order valence-corrected chi connectivity index (χ1v) is 26.5. The maximum Gasteiger partial charge on any atom is 0.306 e. The van der Waals surface area contributed by atoms with E-state index in [1.165, 1.54) is 116 Å². The number of nitrogens with zero attached hydrogens (tertiary/aromatic N) is 1. The Bertz CT molecular complexity index is 1240. The van der Waals surface area contributed by atoms with E-state index < -0.39 is 32.5 Å². The molecule has 0 aromatic rings. The van der Waals surface area contributed by atoms with Crippen LogP contribution < -0.4 is 4.89 Å². The van der Waals surface area contributed by atoms with Crippen LogP contribution in [-0.2, 0) is 32.7 Å². The van der Waals surface area contributed by atoms with E-state index in [-0.39, 0.29) is 26.1 Å². The van der Waals surface area contributed by atoms with E-state index in [0.29, 0.717) is 30.3 Å². The van der Waals surface area contributed by atoms with Gasteiger partial charge >= 0.3 is 11.9 Å². The number of carbonyl (C=O) groups is 2. The van der Waals surface area contributed by atoms with Crippen molar-refractivity contribution in [3.8, 4) is 0 Å². The van der Waals surface area contributed by atoms with E-state index >= 15 is 0 Å². The van der Waals surface area contributed by atoms with Crippen molar-refractivity contribution < 1.29 is 42.1 Å². The first kappa shape index (κ1) is 59.7. The molecule has 0 saturated heterocycles. The molecule has 0 bridgehead atoms. The molecule has 0 heterocycles. The van der Waals surface area contributed by atoms with Crippen molar-refractivity contribution in [2.45, 2.75) is 213 Å². The number of phosphoric acid groups is 1. The van der Waals surface area contributed by atoms with Gasteiger partial charge in [0.05, 0.1) is 27.7 Å². The monoisotopic (exact) mass is 892 g/mol. The minimum Gasteiger partial charge on any atom is -0.756 e. The lowest BCUT2D eigenvalue weighted by atomic mass is 10.1. The summed E-state index contributed by atoms with van der Waals surface area (Å²) in [5.74, 6) is -0.904. The molecule has 62 heavy (non-hydrogen) atoms. The summed E-state index contributed by atoms with van der Waals surface area (Å²) in [5.41, 5.74) is 0. The molecule has 10 heteroatoms. The summed E-state index contributed by atoms with van der Waals surface area (Å²) in [6, 6.07) is 0. The molecule has 2 atom stereocenters. The molecule has 0 aliphatic heterocycles. The summed E-state index contributed by atoms with van der Waals surface area (Å²) in [4.78, 5) is 37.6. The largest absolute Gasteiger partial charge is 0.756 e. The van der Waals surface area contributed by atoms with Gasteiger partial charge in [-0.25, -0.2) is 0 Å². The zero-order valence-corrected chi connectivity index (χ0v) is 41.4. The highest BCUT2D eigenvalue weighted by molar-refractivity contribution is 7.45. The highest BCUT2D eigenvalue weighted by atomic mass is 31.2. The van der Waals surface area contributed by atoms with E-state index in [1.54, 1.807) is 0 Å². The van der Waals surface area contributed by atoms with Gasteiger partial charge in [-0.3, -0.25) is 14.2 Å². The molecule has 0 fully saturated rings. The molecule has 0 aromatic carbocycles. The van der Waals surface area contributed by atoms with Crippen LogP contribution in [0.25, 0.3) is 0 Å². The Morgan fingerprint density at radius 3 is 1.35 bits per heavy atom. The molecular formula is C52H94NO8P. The lowest BCUT2D eigenvalue weighted by molar-refractivity contribution is -0.870. The standard InChI is InChI=1S/C52H94NO8P/c1-6-8-10-12-14-16-18-20-22-24-25-26-27-29-31-33-35-37-39-41-43-45-52(55)61-50(49-60-62(56,57)59-47-46-53(3,4)5)48-58-51(54)44-42-40-38-36-34-32-30-28-23-21-19-17-15-13-11-9-7-2/h21-24,26-27,31,33,37,39,50H,6-20,25,28-30,32,34-36,38,40-49H2,1-5H3/b23-21+,24-22+,27-26+,33-31+,39-37+/t50-/m1/s1. The number of likely N-dealkylation sites (N-methyl/N-ethyl adjacent to an activating group) is 1. The molecule has 0 amide bonds. The summed E-state index contributed by atoms with van der Waals surface area (Å²) < 4.78 is 33.9. The summed E-state index contributed by atoms with van der Waals surface area (Å²) in [6.07, 6.45) is 54.0. The third kappa shape index (κ3) is 47.2. The first-order valence-electron chi connectivity index (χ1n) is 25.0. The zero-order valence-electron chi connectivity index (χ0n) is 40.6. The van der Waals surface area contributed by atoms with Crippen molar-refractivity contribution in [3.63, 3.8) is 0 Å². The third-order valence-electron chi connectivity index (χ3n) is 10.5. The molecule has 0 N–H and O–H groups in total. The number of hydrogen-bond donors (Lipinski definition) is 0.